The molecule has 0 aliphatic rings. The third kappa shape index (κ3) is 3.19. The van der Waals surface area contributed by atoms with E-state index in [4.69, 9.17) is 5.73 Å². The van der Waals surface area contributed by atoms with Crippen LogP contribution in [-0.4, -0.2) is 6.54 Å². The fourth-order valence-corrected chi connectivity index (χ4v) is 1.40. The van der Waals surface area contributed by atoms with E-state index in [-0.39, 0.29) is 0 Å². The molecule has 0 aliphatic carbocycles. The van der Waals surface area contributed by atoms with Gasteiger partial charge in [-0.05, 0) is 36.4 Å². The summed E-state index contributed by atoms with van der Waals surface area (Å²) in [5, 5.41) is 0. The number of benzene rings is 1. The molecule has 0 saturated heterocycles. The highest BCUT2D eigenvalue weighted by Gasteiger charge is 2.00. The molecule has 0 aliphatic heterocycles. The zero-order valence-corrected chi connectivity index (χ0v) is 8.59. The lowest BCUT2D eigenvalue weighted by Gasteiger charge is -2.08. The van der Waals surface area contributed by atoms with Gasteiger partial charge >= 0.3 is 0 Å². The van der Waals surface area contributed by atoms with E-state index in [9.17, 15) is 0 Å². The lowest BCUT2D eigenvalue weighted by molar-refractivity contribution is 0.593. The van der Waals surface area contributed by atoms with Gasteiger partial charge in [0.2, 0.25) is 0 Å². The van der Waals surface area contributed by atoms with Crippen molar-refractivity contribution in [1.29, 1.82) is 0 Å². The topological polar surface area (TPSA) is 26.0 Å². The van der Waals surface area contributed by atoms with E-state index in [1.807, 2.05) is 0 Å². The Morgan fingerprint density at radius 2 is 1.69 bits per heavy atom. The quantitative estimate of drug-likeness (QED) is 0.751. The summed E-state index contributed by atoms with van der Waals surface area (Å²) in [7, 11) is 0. The van der Waals surface area contributed by atoms with Crippen molar-refractivity contribution in [3.63, 3.8) is 0 Å². The highest BCUT2D eigenvalue weighted by molar-refractivity contribution is 5.22. The van der Waals surface area contributed by atoms with Crippen LogP contribution >= 0.6 is 0 Å². The molecular weight excluding hydrogens is 158 g/mol. The van der Waals surface area contributed by atoms with Gasteiger partial charge in [-0.1, -0.05) is 38.1 Å². The van der Waals surface area contributed by atoms with E-state index >= 15 is 0 Å². The van der Waals surface area contributed by atoms with Gasteiger partial charge in [0, 0.05) is 0 Å². The minimum Gasteiger partial charge on any atom is -0.330 e. The number of aryl methyl sites for hydroxylation is 1. The molecule has 1 heteroatoms. The zero-order valence-electron chi connectivity index (χ0n) is 8.59. The maximum atomic E-state index is 5.58. The first-order valence-electron chi connectivity index (χ1n) is 5.04. The predicted molar refractivity (Wildman–Crippen MR) is 57.7 cm³/mol. The van der Waals surface area contributed by atoms with Crippen molar-refractivity contribution < 1.29 is 0 Å². The van der Waals surface area contributed by atoms with Crippen LogP contribution in [-0.2, 0) is 12.8 Å². The summed E-state index contributed by atoms with van der Waals surface area (Å²) in [6, 6.07) is 8.84. The maximum absolute atomic E-state index is 5.58. The molecule has 0 unspecified atom stereocenters. The van der Waals surface area contributed by atoms with Crippen LogP contribution in [0.3, 0.4) is 0 Å². The number of hydrogen-bond donors (Lipinski definition) is 1. The van der Waals surface area contributed by atoms with Crippen LogP contribution in [0.4, 0.5) is 0 Å². The van der Waals surface area contributed by atoms with Crippen LogP contribution in [0, 0.1) is 5.92 Å². The Labute approximate surface area is 81.0 Å². The van der Waals surface area contributed by atoms with Crippen molar-refractivity contribution in [1.82, 2.24) is 0 Å². The summed E-state index contributed by atoms with van der Waals surface area (Å²) in [5.74, 6) is 0.590. The minimum atomic E-state index is 0.590. The van der Waals surface area contributed by atoms with Crippen molar-refractivity contribution >= 4 is 0 Å². The first kappa shape index (κ1) is 10.3. The molecule has 0 radical (unpaired) electrons. The molecule has 1 rings (SSSR count). The molecule has 72 valence electrons. The lowest BCUT2D eigenvalue weighted by atomic mass is 10.00. The van der Waals surface area contributed by atoms with Gasteiger partial charge in [0.1, 0.15) is 0 Å². The van der Waals surface area contributed by atoms with Crippen LogP contribution in [0.5, 0.6) is 0 Å². The van der Waals surface area contributed by atoms with E-state index in [0.717, 1.165) is 19.4 Å². The first-order chi connectivity index (χ1) is 6.26. The SMILES string of the molecule is CCc1ccc(C[C@H](C)CN)cc1. The molecule has 0 amide bonds. The van der Waals surface area contributed by atoms with Gasteiger partial charge in [0.05, 0.1) is 0 Å². The summed E-state index contributed by atoms with van der Waals surface area (Å²) in [4.78, 5) is 0. The Morgan fingerprint density at radius 1 is 1.15 bits per heavy atom. The molecule has 0 bridgehead atoms. The van der Waals surface area contributed by atoms with E-state index in [2.05, 4.69) is 38.1 Å². The normalized spacial score (nSPS) is 12.8. The molecule has 0 spiro atoms. The second-order valence-corrected chi connectivity index (χ2v) is 3.72. The lowest BCUT2D eigenvalue weighted by Crippen LogP contribution is -2.12. The van der Waals surface area contributed by atoms with Crippen LogP contribution in [0.25, 0.3) is 0 Å². The summed E-state index contributed by atoms with van der Waals surface area (Å²) < 4.78 is 0. The second-order valence-electron chi connectivity index (χ2n) is 3.72. The Kier molecular flexibility index (Phi) is 3.97. The third-order valence-electron chi connectivity index (χ3n) is 2.42. The Morgan fingerprint density at radius 3 is 2.15 bits per heavy atom. The maximum Gasteiger partial charge on any atom is -0.00483 e. The van der Waals surface area contributed by atoms with Crippen LogP contribution in [0.15, 0.2) is 24.3 Å². The smallest absolute Gasteiger partial charge is 0.00483 e. The average Bonchev–Trinajstić information content (AvgIpc) is 2.19. The van der Waals surface area contributed by atoms with Crippen molar-refractivity contribution in [3.05, 3.63) is 35.4 Å². The van der Waals surface area contributed by atoms with Crippen LogP contribution < -0.4 is 5.73 Å². The number of hydrogen-bond acceptors (Lipinski definition) is 1. The molecule has 0 heterocycles. The highest BCUT2D eigenvalue weighted by Crippen LogP contribution is 2.09. The van der Waals surface area contributed by atoms with Crippen molar-refractivity contribution in [3.8, 4) is 0 Å². The molecule has 1 nitrogen and oxygen atoms in total. The fourth-order valence-electron chi connectivity index (χ4n) is 1.40. The standard InChI is InChI=1S/C12H19N/c1-3-11-4-6-12(7-5-11)8-10(2)9-13/h4-7,10H,3,8-9,13H2,1-2H3/t10-/m0/s1. The molecule has 1 aromatic rings. The van der Waals surface area contributed by atoms with Gasteiger partial charge in [0.15, 0.2) is 0 Å². The van der Waals surface area contributed by atoms with E-state index in [1.165, 1.54) is 11.1 Å². The second kappa shape index (κ2) is 5.03. The fraction of sp³-hybridized carbons (Fsp3) is 0.500. The Balaban J connectivity index is 2.58. The van der Waals surface area contributed by atoms with Crippen molar-refractivity contribution in [2.24, 2.45) is 11.7 Å². The predicted octanol–water partition coefficient (Wildman–Crippen LogP) is 2.39. The summed E-state index contributed by atoms with van der Waals surface area (Å²) in [6.45, 7) is 5.14. The molecule has 2 N–H and O–H groups in total. The van der Waals surface area contributed by atoms with E-state index < -0.39 is 0 Å². The third-order valence-corrected chi connectivity index (χ3v) is 2.42. The largest absolute Gasteiger partial charge is 0.330 e. The average molecular weight is 177 g/mol. The highest BCUT2D eigenvalue weighted by atomic mass is 14.5. The van der Waals surface area contributed by atoms with Crippen molar-refractivity contribution in [2.75, 3.05) is 6.54 Å². The van der Waals surface area contributed by atoms with Crippen LogP contribution in [0.2, 0.25) is 0 Å². The van der Waals surface area contributed by atoms with E-state index in [0.29, 0.717) is 5.92 Å². The number of nitrogens with two attached hydrogens (primary N) is 1. The summed E-state index contributed by atoms with van der Waals surface area (Å²) >= 11 is 0. The Hall–Kier alpha value is -0.820. The monoisotopic (exact) mass is 177 g/mol. The molecule has 0 fully saturated rings. The molecule has 1 atom stereocenters. The molecule has 0 aromatic heterocycles. The number of rotatable bonds is 4. The molecule has 1 aromatic carbocycles. The Bertz CT molecular complexity index is 238. The van der Waals surface area contributed by atoms with Crippen molar-refractivity contribution in [2.45, 2.75) is 26.7 Å². The molecule has 0 saturated carbocycles. The van der Waals surface area contributed by atoms with E-state index in [1.54, 1.807) is 0 Å². The summed E-state index contributed by atoms with van der Waals surface area (Å²) in [5.41, 5.74) is 8.38. The van der Waals surface area contributed by atoms with Gasteiger partial charge in [-0.15, -0.1) is 0 Å². The van der Waals surface area contributed by atoms with Gasteiger partial charge < -0.3 is 5.73 Å². The van der Waals surface area contributed by atoms with Gasteiger partial charge in [-0.2, -0.15) is 0 Å². The van der Waals surface area contributed by atoms with Crippen LogP contribution in [0.1, 0.15) is 25.0 Å². The van der Waals surface area contributed by atoms with Gasteiger partial charge in [-0.25, -0.2) is 0 Å². The molecular formula is C12H19N. The first-order valence-corrected chi connectivity index (χ1v) is 5.04. The van der Waals surface area contributed by atoms with Gasteiger partial charge in [-0.3, -0.25) is 0 Å². The molecule has 13 heavy (non-hydrogen) atoms. The zero-order chi connectivity index (χ0) is 9.68. The summed E-state index contributed by atoms with van der Waals surface area (Å²) in [6.07, 6.45) is 2.22. The minimum absolute atomic E-state index is 0.590. The van der Waals surface area contributed by atoms with Gasteiger partial charge in [0.25, 0.3) is 0 Å².